The van der Waals surface area contributed by atoms with Gasteiger partial charge >= 0.3 is 0 Å². The van der Waals surface area contributed by atoms with Gasteiger partial charge in [-0.05, 0) is 36.8 Å². The predicted molar refractivity (Wildman–Crippen MR) is 92.7 cm³/mol. The van der Waals surface area contributed by atoms with Gasteiger partial charge in [-0.2, -0.15) is 0 Å². The van der Waals surface area contributed by atoms with E-state index in [2.05, 4.69) is 23.5 Å². The maximum atomic E-state index is 13.3. The molecule has 0 bridgehead atoms. The number of nitrogens with one attached hydrogen (secondary N) is 1. The number of aliphatic imine (C=N–C) groups is 1. The van der Waals surface area contributed by atoms with Crippen molar-refractivity contribution >= 4 is 5.71 Å². The molecule has 0 spiro atoms. The molecule has 0 aromatic heterocycles. The van der Waals surface area contributed by atoms with E-state index in [1.807, 2.05) is 19.1 Å². The van der Waals surface area contributed by atoms with Gasteiger partial charge in [0.15, 0.2) is 11.6 Å². The van der Waals surface area contributed by atoms with Gasteiger partial charge in [-0.1, -0.05) is 19.2 Å². The lowest BCUT2D eigenvalue weighted by Crippen LogP contribution is -2.29. The summed E-state index contributed by atoms with van der Waals surface area (Å²) in [6.07, 6.45) is 5.28. The van der Waals surface area contributed by atoms with Crippen molar-refractivity contribution in [1.82, 2.24) is 10.2 Å². The van der Waals surface area contributed by atoms with Gasteiger partial charge in [0.2, 0.25) is 0 Å². The maximum absolute atomic E-state index is 13.3. The van der Waals surface area contributed by atoms with Gasteiger partial charge in [0, 0.05) is 19.3 Å². The van der Waals surface area contributed by atoms with Crippen LogP contribution in [0, 0.1) is 11.6 Å². The van der Waals surface area contributed by atoms with E-state index < -0.39 is 11.6 Å². The van der Waals surface area contributed by atoms with Crippen molar-refractivity contribution in [3.8, 4) is 0 Å². The van der Waals surface area contributed by atoms with Crippen molar-refractivity contribution < 1.29 is 8.78 Å². The Balaban J connectivity index is 2.17. The molecule has 0 unspecified atom stereocenters. The average Bonchev–Trinajstić information content (AvgIpc) is 2.60. The molecule has 0 saturated carbocycles. The maximum Gasteiger partial charge on any atom is 0.159 e. The zero-order chi connectivity index (χ0) is 17.7. The van der Waals surface area contributed by atoms with Gasteiger partial charge in [-0.3, -0.25) is 0 Å². The van der Waals surface area contributed by atoms with Crippen LogP contribution in [0.1, 0.15) is 12.5 Å². The lowest BCUT2D eigenvalue weighted by Gasteiger charge is -2.29. The third kappa shape index (κ3) is 3.78. The third-order valence-electron chi connectivity index (χ3n) is 3.52. The monoisotopic (exact) mass is 330 g/mol. The fourth-order valence-electron chi connectivity index (χ4n) is 2.27. The molecule has 1 heterocycles. The van der Waals surface area contributed by atoms with Crippen LogP contribution < -0.4 is 11.1 Å². The summed E-state index contributed by atoms with van der Waals surface area (Å²) >= 11 is 0. The molecule has 4 nitrogen and oxygen atoms in total. The van der Waals surface area contributed by atoms with Gasteiger partial charge in [0.05, 0.1) is 17.1 Å². The molecule has 24 heavy (non-hydrogen) atoms. The highest BCUT2D eigenvalue weighted by molar-refractivity contribution is 5.99. The number of hydrogen-bond acceptors (Lipinski definition) is 4. The zero-order valence-electron chi connectivity index (χ0n) is 13.5. The highest BCUT2D eigenvalue weighted by atomic mass is 19.2. The van der Waals surface area contributed by atoms with Crippen molar-refractivity contribution in [1.29, 1.82) is 0 Å². The average molecular weight is 330 g/mol. The fourth-order valence-corrected chi connectivity index (χ4v) is 2.27. The van der Waals surface area contributed by atoms with E-state index in [1.165, 1.54) is 6.07 Å². The summed E-state index contributed by atoms with van der Waals surface area (Å²) in [5, 5.41) is 3.10. The summed E-state index contributed by atoms with van der Waals surface area (Å²) in [4.78, 5) is 6.19. The first kappa shape index (κ1) is 17.6. The van der Waals surface area contributed by atoms with Crippen LogP contribution in [-0.2, 0) is 6.54 Å². The smallest absolute Gasteiger partial charge is 0.159 e. The van der Waals surface area contributed by atoms with Crippen molar-refractivity contribution in [2.75, 3.05) is 6.54 Å². The van der Waals surface area contributed by atoms with Crippen molar-refractivity contribution in [3.63, 3.8) is 0 Å². The van der Waals surface area contributed by atoms with Gasteiger partial charge < -0.3 is 16.0 Å². The normalized spacial score (nSPS) is 15.8. The minimum atomic E-state index is -0.877. The second-order valence-corrected chi connectivity index (χ2v) is 5.12. The van der Waals surface area contributed by atoms with E-state index in [4.69, 9.17) is 5.73 Å². The standard InChI is InChI=1S/C18H20F2N4/c1-4-18-23-14(10-21)9-17(24(18)5-2)12(3)22-11-13-6-7-15(19)16(20)8-13/h4-9,22H,2-3,10-11,21H2,1H3/b18-4-. The molecule has 0 radical (unpaired) electrons. The first-order valence-electron chi connectivity index (χ1n) is 7.44. The van der Waals surface area contributed by atoms with Gasteiger partial charge in [0.25, 0.3) is 0 Å². The molecular formula is C18H20F2N4. The molecule has 1 aromatic carbocycles. The van der Waals surface area contributed by atoms with Crippen LogP contribution >= 0.6 is 0 Å². The summed E-state index contributed by atoms with van der Waals surface area (Å²) in [5.41, 5.74) is 8.36. The van der Waals surface area contributed by atoms with E-state index in [0.29, 0.717) is 35.9 Å². The molecule has 1 aromatic rings. The van der Waals surface area contributed by atoms with Crippen molar-refractivity contribution in [2.45, 2.75) is 13.5 Å². The predicted octanol–water partition coefficient (Wildman–Crippen LogP) is 3.17. The molecule has 1 aliphatic heterocycles. The molecule has 126 valence electrons. The Morgan fingerprint density at radius 1 is 1.38 bits per heavy atom. The first-order valence-corrected chi connectivity index (χ1v) is 7.44. The number of hydrogen-bond donors (Lipinski definition) is 2. The van der Waals surface area contributed by atoms with Crippen molar-refractivity contribution in [2.24, 2.45) is 10.7 Å². The number of rotatable bonds is 6. The van der Waals surface area contributed by atoms with Crippen LogP contribution in [0.2, 0.25) is 0 Å². The Morgan fingerprint density at radius 3 is 2.71 bits per heavy atom. The van der Waals surface area contributed by atoms with Crippen LogP contribution in [0.4, 0.5) is 8.78 Å². The van der Waals surface area contributed by atoms with E-state index in [-0.39, 0.29) is 0 Å². The molecule has 6 heteroatoms. The van der Waals surface area contributed by atoms with E-state index in [1.54, 1.807) is 11.1 Å². The van der Waals surface area contributed by atoms with Gasteiger partial charge in [-0.25, -0.2) is 13.8 Å². The summed E-state index contributed by atoms with van der Waals surface area (Å²) < 4.78 is 26.3. The number of nitrogens with two attached hydrogens (primary N) is 1. The number of allylic oxidation sites excluding steroid dienone is 1. The van der Waals surface area contributed by atoms with Crippen LogP contribution in [0.5, 0.6) is 0 Å². The summed E-state index contributed by atoms with van der Waals surface area (Å²) in [7, 11) is 0. The van der Waals surface area contributed by atoms with Crippen LogP contribution in [-0.4, -0.2) is 17.2 Å². The number of halogens is 2. The summed E-state index contributed by atoms with van der Waals surface area (Å²) in [5.74, 6) is -1.05. The SMILES string of the molecule is C=CN1C(C(=C)NCc2ccc(F)c(F)c2)=CC(CN)=N/C1=C/C. The van der Waals surface area contributed by atoms with Crippen LogP contribution in [0.3, 0.4) is 0 Å². The van der Waals surface area contributed by atoms with Crippen LogP contribution in [0.15, 0.2) is 71.9 Å². The molecule has 0 amide bonds. The first-order chi connectivity index (χ1) is 11.5. The van der Waals surface area contributed by atoms with E-state index in [0.717, 1.165) is 17.8 Å². The molecule has 0 saturated heterocycles. The fraction of sp³-hybridized carbons (Fsp3) is 0.167. The Hall–Kier alpha value is -2.73. The Morgan fingerprint density at radius 2 is 2.12 bits per heavy atom. The minimum Gasteiger partial charge on any atom is -0.380 e. The summed E-state index contributed by atoms with van der Waals surface area (Å²) in [6.45, 7) is 10.3. The third-order valence-corrected chi connectivity index (χ3v) is 3.52. The van der Waals surface area contributed by atoms with E-state index >= 15 is 0 Å². The molecule has 3 N–H and O–H groups in total. The molecule has 0 aliphatic carbocycles. The summed E-state index contributed by atoms with van der Waals surface area (Å²) in [6, 6.07) is 3.77. The molecule has 0 fully saturated rings. The Kier molecular flexibility index (Phi) is 5.65. The quantitative estimate of drug-likeness (QED) is 0.842. The van der Waals surface area contributed by atoms with Crippen molar-refractivity contribution in [3.05, 3.63) is 84.1 Å². The molecular weight excluding hydrogens is 310 g/mol. The second-order valence-electron chi connectivity index (χ2n) is 5.12. The van der Waals surface area contributed by atoms with Crippen LogP contribution in [0.25, 0.3) is 0 Å². The molecule has 2 rings (SSSR count). The minimum absolute atomic E-state index is 0.294. The lowest BCUT2D eigenvalue weighted by atomic mass is 10.1. The van der Waals surface area contributed by atoms with Gasteiger partial charge in [0.1, 0.15) is 5.82 Å². The highest BCUT2D eigenvalue weighted by Gasteiger charge is 2.19. The second kappa shape index (κ2) is 7.70. The highest BCUT2D eigenvalue weighted by Crippen LogP contribution is 2.24. The molecule has 0 atom stereocenters. The zero-order valence-corrected chi connectivity index (χ0v) is 13.5. The lowest BCUT2D eigenvalue weighted by molar-refractivity contribution is 0.506. The Labute approximate surface area is 140 Å². The largest absolute Gasteiger partial charge is 0.380 e. The molecule has 1 aliphatic rings. The number of benzene rings is 1. The number of nitrogens with zero attached hydrogens (tertiary/aromatic N) is 2. The van der Waals surface area contributed by atoms with E-state index in [9.17, 15) is 8.78 Å². The topological polar surface area (TPSA) is 53.6 Å². The van der Waals surface area contributed by atoms with Gasteiger partial charge in [-0.15, -0.1) is 0 Å². The Bertz CT molecular complexity index is 747.